The van der Waals surface area contributed by atoms with Crippen LogP contribution in [0.5, 0.6) is 0 Å². The molecule has 0 aliphatic rings. The van der Waals surface area contributed by atoms with Gasteiger partial charge in [0.05, 0.1) is 22.5 Å². The Bertz CT molecular complexity index is 1270. The monoisotopic (exact) mass is 438 g/mol. The molecule has 0 bridgehead atoms. The fraction of sp³-hybridized carbons (Fsp3) is 0.238. The van der Waals surface area contributed by atoms with Crippen LogP contribution in [0.3, 0.4) is 0 Å². The fourth-order valence-corrected chi connectivity index (χ4v) is 4.19. The number of sulfonamides is 1. The Balaban J connectivity index is 1.94. The van der Waals surface area contributed by atoms with Crippen LogP contribution in [0.15, 0.2) is 53.4 Å². The van der Waals surface area contributed by atoms with Crippen molar-refractivity contribution in [2.75, 3.05) is 5.32 Å². The third-order valence-electron chi connectivity index (χ3n) is 4.63. The second kappa shape index (κ2) is 9.07. The Labute approximate surface area is 180 Å². The first-order valence-electron chi connectivity index (χ1n) is 9.53. The molecule has 31 heavy (non-hydrogen) atoms. The van der Waals surface area contributed by atoms with Crippen LogP contribution in [0.2, 0.25) is 0 Å². The zero-order valence-corrected chi connectivity index (χ0v) is 17.8. The van der Waals surface area contributed by atoms with Crippen molar-refractivity contribution in [2.24, 2.45) is 11.7 Å². The lowest BCUT2D eigenvalue weighted by Gasteiger charge is -2.21. The molecule has 0 radical (unpaired) electrons. The maximum atomic E-state index is 12.7. The predicted octanol–water partition coefficient (Wildman–Crippen LogP) is 1.90. The van der Waals surface area contributed by atoms with Gasteiger partial charge < -0.3 is 11.1 Å². The van der Waals surface area contributed by atoms with Gasteiger partial charge in [-0.25, -0.2) is 23.1 Å². The Hall–Kier alpha value is -3.55. The number of carbonyl (C=O) groups is 1. The van der Waals surface area contributed by atoms with E-state index < -0.39 is 22.0 Å². The fourth-order valence-electron chi connectivity index (χ4n) is 3.06. The number of anilines is 1. The van der Waals surface area contributed by atoms with Crippen molar-refractivity contribution in [1.29, 1.82) is 5.26 Å². The van der Waals surface area contributed by atoms with Gasteiger partial charge in [0.1, 0.15) is 23.8 Å². The van der Waals surface area contributed by atoms with Crippen LogP contribution < -0.4 is 15.8 Å². The molecule has 4 N–H and O–H groups in total. The average Bonchev–Trinajstić information content (AvgIpc) is 2.75. The molecule has 1 heterocycles. The van der Waals surface area contributed by atoms with Gasteiger partial charge in [0, 0.05) is 5.39 Å². The molecule has 10 heteroatoms. The number of rotatable bonds is 8. The number of nitrogens with two attached hydrogens (primary N) is 1. The molecule has 0 saturated carbocycles. The van der Waals surface area contributed by atoms with Crippen molar-refractivity contribution in [2.45, 2.75) is 31.3 Å². The molecule has 0 aliphatic heterocycles. The number of benzene rings is 2. The highest BCUT2D eigenvalue weighted by atomic mass is 32.2. The maximum Gasteiger partial charge on any atom is 0.242 e. The molecule has 1 amide bonds. The minimum Gasteiger partial charge on any atom is -0.368 e. The highest BCUT2D eigenvalue weighted by Crippen LogP contribution is 2.22. The number of primary amides is 1. The van der Waals surface area contributed by atoms with E-state index in [4.69, 9.17) is 5.73 Å². The second-order valence-corrected chi connectivity index (χ2v) is 8.94. The summed E-state index contributed by atoms with van der Waals surface area (Å²) in [4.78, 5) is 20.6. The Kier molecular flexibility index (Phi) is 6.48. The highest BCUT2D eigenvalue weighted by molar-refractivity contribution is 7.89. The smallest absolute Gasteiger partial charge is 0.242 e. The summed E-state index contributed by atoms with van der Waals surface area (Å²) in [6, 6.07) is 14.3. The zero-order chi connectivity index (χ0) is 22.6. The molecule has 2 aromatic carbocycles. The van der Waals surface area contributed by atoms with Crippen LogP contribution in [-0.4, -0.2) is 30.3 Å². The number of fused-ring (bicyclic) bond motifs is 1. The summed E-state index contributed by atoms with van der Waals surface area (Å²) in [5, 5.41) is 12.9. The third-order valence-corrected chi connectivity index (χ3v) is 6.09. The predicted molar refractivity (Wildman–Crippen MR) is 116 cm³/mol. The van der Waals surface area contributed by atoms with Crippen molar-refractivity contribution < 1.29 is 13.2 Å². The minimum absolute atomic E-state index is 0.0398. The van der Waals surface area contributed by atoms with E-state index in [1.54, 1.807) is 30.3 Å². The number of nitrogens with one attached hydrogen (secondary N) is 2. The van der Waals surface area contributed by atoms with Crippen molar-refractivity contribution in [3.8, 4) is 6.07 Å². The number of amides is 1. The molecule has 0 fully saturated rings. The van der Waals surface area contributed by atoms with Crippen LogP contribution in [0, 0.1) is 17.2 Å². The van der Waals surface area contributed by atoms with Crippen LogP contribution in [0.4, 0.5) is 5.82 Å². The van der Waals surface area contributed by atoms with Gasteiger partial charge in [-0.1, -0.05) is 38.1 Å². The van der Waals surface area contributed by atoms with Gasteiger partial charge in [0.15, 0.2) is 0 Å². The normalized spacial score (nSPS) is 12.5. The van der Waals surface area contributed by atoms with E-state index in [0.29, 0.717) is 16.7 Å². The van der Waals surface area contributed by atoms with Crippen LogP contribution in [0.25, 0.3) is 10.9 Å². The summed E-state index contributed by atoms with van der Waals surface area (Å²) in [5.74, 6) is -0.0235. The van der Waals surface area contributed by atoms with Gasteiger partial charge in [-0.05, 0) is 30.2 Å². The Morgan fingerprint density at radius 3 is 2.48 bits per heavy atom. The van der Waals surface area contributed by atoms with E-state index in [1.165, 1.54) is 12.1 Å². The second-order valence-electron chi connectivity index (χ2n) is 7.21. The van der Waals surface area contributed by atoms with Gasteiger partial charge >= 0.3 is 0 Å². The number of carbonyl (C=O) groups excluding carboxylic acids is 1. The molecule has 3 rings (SSSR count). The molecule has 0 spiro atoms. The Morgan fingerprint density at radius 2 is 1.81 bits per heavy atom. The first kappa shape index (κ1) is 22.1. The summed E-state index contributed by atoms with van der Waals surface area (Å²) < 4.78 is 27.8. The molecule has 0 saturated heterocycles. The van der Waals surface area contributed by atoms with Crippen molar-refractivity contribution in [1.82, 2.24) is 14.7 Å². The summed E-state index contributed by atoms with van der Waals surface area (Å²) in [7, 11) is -3.96. The van der Waals surface area contributed by atoms with E-state index in [0.717, 1.165) is 0 Å². The number of aromatic nitrogens is 2. The van der Waals surface area contributed by atoms with E-state index in [9.17, 15) is 18.5 Å². The van der Waals surface area contributed by atoms with Crippen molar-refractivity contribution in [3.63, 3.8) is 0 Å². The van der Waals surface area contributed by atoms with E-state index in [1.807, 2.05) is 26.0 Å². The van der Waals surface area contributed by atoms with Gasteiger partial charge in [0.2, 0.25) is 15.9 Å². The first-order valence-corrected chi connectivity index (χ1v) is 11.0. The maximum absolute atomic E-state index is 12.7. The summed E-state index contributed by atoms with van der Waals surface area (Å²) in [6.45, 7) is 3.51. The van der Waals surface area contributed by atoms with Gasteiger partial charge in [-0.2, -0.15) is 5.26 Å². The van der Waals surface area contributed by atoms with Crippen LogP contribution in [-0.2, 0) is 21.4 Å². The average molecular weight is 439 g/mol. The number of nitrogens with zero attached hydrogens (tertiary/aromatic N) is 3. The summed E-state index contributed by atoms with van der Waals surface area (Å²) in [5.41, 5.74) is 6.13. The molecule has 1 atom stereocenters. The summed E-state index contributed by atoms with van der Waals surface area (Å²) >= 11 is 0. The number of hydrogen-bond donors (Lipinski definition) is 3. The van der Waals surface area contributed by atoms with Crippen LogP contribution in [0.1, 0.15) is 25.2 Å². The SMILES string of the molecule is CC(C)[C@H](Nc1nc(CNS(=O)(=O)c2ccccc2C#N)nc2ccccc12)C(N)=O. The van der Waals surface area contributed by atoms with Crippen LogP contribution >= 0.6 is 0 Å². The van der Waals surface area contributed by atoms with Crippen molar-refractivity contribution >= 4 is 32.7 Å². The lowest BCUT2D eigenvalue weighted by atomic mass is 10.0. The number of nitriles is 1. The first-order chi connectivity index (χ1) is 14.7. The van der Waals surface area contributed by atoms with Gasteiger partial charge in [0.25, 0.3) is 0 Å². The van der Waals surface area contributed by atoms with E-state index in [-0.39, 0.29) is 28.7 Å². The molecule has 0 unspecified atom stereocenters. The largest absolute Gasteiger partial charge is 0.368 e. The van der Waals surface area contributed by atoms with Crippen molar-refractivity contribution in [3.05, 3.63) is 59.9 Å². The molecular weight excluding hydrogens is 416 g/mol. The molecule has 0 aliphatic carbocycles. The quantitative estimate of drug-likeness (QED) is 0.486. The minimum atomic E-state index is -3.96. The summed E-state index contributed by atoms with van der Waals surface area (Å²) in [6.07, 6.45) is 0. The topological polar surface area (TPSA) is 151 Å². The third kappa shape index (κ3) is 4.96. The molecule has 160 valence electrons. The van der Waals surface area contributed by atoms with E-state index in [2.05, 4.69) is 20.0 Å². The van der Waals surface area contributed by atoms with Gasteiger partial charge in [-0.15, -0.1) is 0 Å². The number of para-hydroxylation sites is 1. The molecule has 3 aromatic rings. The number of hydrogen-bond acceptors (Lipinski definition) is 7. The molecule has 1 aromatic heterocycles. The molecule has 9 nitrogen and oxygen atoms in total. The molecular formula is C21H22N6O3S. The zero-order valence-electron chi connectivity index (χ0n) is 17.0. The lowest BCUT2D eigenvalue weighted by molar-refractivity contribution is -0.119. The standard InChI is InChI=1S/C21H22N6O3S/c1-13(2)19(20(23)28)27-21-15-8-4-5-9-16(15)25-18(26-21)12-24-31(29,30)17-10-6-3-7-14(17)11-22/h3-10,13,19,24H,12H2,1-2H3,(H2,23,28)(H,25,26,27)/t19-/m0/s1. The van der Waals surface area contributed by atoms with Gasteiger partial charge in [-0.3, -0.25) is 4.79 Å². The lowest BCUT2D eigenvalue weighted by Crippen LogP contribution is -2.40. The highest BCUT2D eigenvalue weighted by Gasteiger charge is 2.22. The van der Waals surface area contributed by atoms with E-state index >= 15 is 0 Å². The Morgan fingerprint density at radius 1 is 1.13 bits per heavy atom.